The van der Waals surface area contributed by atoms with Crippen LogP contribution in [0.1, 0.15) is 23.0 Å². The highest BCUT2D eigenvalue weighted by Crippen LogP contribution is 2.31. The van der Waals surface area contributed by atoms with Crippen molar-refractivity contribution in [2.24, 2.45) is 5.10 Å². The molecule has 0 atom stereocenters. The maximum absolute atomic E-state index is 12.9. The Morgan fingerprint density at radius 3 is 2.69 bits per heavy atom. The summed E-state index contributed by atoms with van der Waals surface area (Å²) in [4.78, 5) is 12.9. The van der Waals surface area contributed by atoms with Crippen LogP contribution in [-0.2, 0) is 0 Å². The molecule has 0 aliphatic carbocycles. The molecule has 2 heterocycles. The molecule has 2 aromatic carbocycles. The molecule has 0 aliphatic rings. The number of anilines is 1. The minimum absolute atomic E-state index is 0.0389. The number of carbonyl (C=O) groups excluding carboxylic acids is 1. The summed E-state index contributed by atoms with van der Waals surface area (Å²) in [6.07, 6.45) is 0. The maximum atomic E-state index is 12.9. The number of hydrogen-bond donors (Lipinski definition) is 3. The molecule has 2 aromatic heterocycles. The van der Waals surface area contributed by atoms with E-state index in [1.54, 1.807) is 37.3 Å². The van der Waals surface area contributed by atoms with Crippen molar-refractivity contribution in [1.29, 1.82) is 0 Å². The fourth-order valence-electron chi connectivity index (χ4n) is 2.81. The molecule has 4 rings (SSSR count). The highest BCUT2D eigenvalue weighted by Gasteiger charge is 2.25. The lowest BCUT2D eigenvalue weighted by atomic mass is 10.1. The highest BCUT2D eigenvalue weighted by atomic mass is 35.5. The van der Waals surface area contributed by atoms with Gasteiger partial charge in [0.1, 0.15) is 11.4 Å². The molecule has 0 aliphatic heterocycles. The third-order valence-corrected chi connectivity index (χ3v) is 5.10. The summed E-state index contributed by atoms with van der Waals surface area (Å²) in [7, 11) is 0. The normalized spacial score (nSPS) is 11.5. The summed E-state index contributed by atoms with van der Waals surface area (Å²) in [6.45, 7) is 1.67. The fraction of sp³-hybridized carbons (Fsp3) is 0.0526. The third kappa shape index (κ3) is 4.11. The summed E-state index contributed by atoms with van der Waals surface area (Å²) in [6, 6.07) is 11.2. The van der Waals surface area contributed by atoms with E-state index < -0.39 is 5.91 Å². The van der Waals surface area contributed by atoms with Crippen LogP contribution in [0.3, 0.4) is 0 Å². The number of nitrogen functional groups attached to an aromatic ring is 1. The van der Waals surface area contributed by atoms with Crippen LogP contribution in [0.2, 0.25) is 10.0 Å². The van der Waals surface area contributed by atoms with Gasteiger partial charge in [0.2, 0.25) is 11.6 Å². The van der Waals surface area contributed by atoms with E-state index >= 15 is 0 Å². The Kier molecular flexibility index (Phi) is 5.75. The monoisotopic (exact) mass is 472 g/mol. The molecule has 11 nitrogen and oxygen atoms in total. The Hall–Kier alpha value is -3.96. The van der Waals surface area contributed by atoms with Gasteiger partial charge in [-0.2, -0.15) is 9.78 Å². The lowest BCUT2D eigenvalue weighted by molar-refractivity contribution is 0.0950. The summed E-state index contributed by atoms with van der Waals surface area (Å²) >= 11 is 12.2. The largest absolute Gasteiger partial charge is 0.508 e. The Balaban J connectivity index is 1.74. The summed E-state index contributed by atoms with van der Waals surface area (Å²) in [5.74, 6) is -0.600. The molecule has 0 fully saturated rings. The summed E-state index contributed by atoms with van der Waals surface area (Å²) in [5, 5.41) is 29.5. The molecule has 1 amide bonds. The number of carbonyl (C=O) groups is 1. The first-order valence-corrected chi connectivity index (χ1v) is 9.74. The van der Waals surface area contributed by atoms with Gasteiger partial charge in [-0.1, -0.05) is 46.6 Å². The van der Waals surface area contributed by atoms with E-state index in [0.29, 0.717) is 21.9 Å². The lowest BCUT2D eigenvalue weighted by Gasteiger charge is -2.07. The van der Waals surface area contributed by atoms with Gasteiger partial charge in [-0.05, 0) is 41.5 Å². The lowest BCUT2D eigenvalue weighted by Crippen LogP contribution is -2.21. The number of rotatable bonds is 5. The minimum atomic E-state index is -0.660. The van der Waals surface area contributed by atoms with Gasteiger partial charge in [-0.25, -0.2) is 10.1 Å². The van der Waals surface area contributed by atoms with Gasteiger partial charge in [-0.3, -0.25) is 4.79 Å². The predicted molar refractivity (Wildman–Crippen MR) is 117 cm³/mol. The third-order valence-electron chi connectivity index (χ3n) is 4.36. The minimum Gasteiger partial charge on any atom is -0.508 e. The number of aromatic hydroxyl groups is 1. The van der Waals surface area contributed by atoms with Crippen molar-refractivity contribution in [3.8, 4) is 22.8 Å². The van der Waals surface area contributed by atoms with Crippen molar-refractivity contribution < 1.29 is 14.5 Å². The molecule has 162 valence electrons. The highest BCUT2D eigenvalue weighted by molar-refractivity contribution is 6.42. The van der Waals surface area contributed by atoms with Crippen LogP contribution in [-0.4, -0.2) is 42.0 Å². The molecule has 0 saturated carbocycles. The maximum Gasteiger partial charge on any atom is 0.294 e. The first kappa shape index (κ1) is 21.3. The molecule has 13 heteroatoms. The summed E-state index contributed by atoms with van der Waals surface area (Å²) in [5.41, 5.74) is 9.90. The van der Waals surface area contributed by atoms with Gasteiger partial charge in [0.15, 0.2) is 5.69 Å². The second-order valence-corrected chi connectivity index (χ2v) is 7.30. The van der Waals surface area contributed by atoms with Crippen molar-refractivity contribution in [3.05, 3.63) is 63.8 Å². The van der Waals surface area contributed by atoms with E-state index in [2.05, 4.69) is 35.8 Å². The Labute approximate surface area is 190 Å². The van der Waals surface area contributed by atoms with E-state index in [9.17, 15) is 9.90 Å². The molecule has 0 unspecified atom stereocenters. The number of phenols is 1. The smallest absolute Gasteiger partial charge is 0.294 e. The van der Waals surface area contributed by atoms with Crippen molar-refractivity contribution in [2.75, 3.05) is 5.73 Å². The van der Waals surface area contributed by atoms with Crippen LogP contribution in [0.4, 0.5) is 5.82 Å². The van der Waals surface area contributed by atoms with Crippen LogP contribution in [0.15, 0.2) is 52.2 Å². The molecular weight excluding hydrogens is 459 g/mol. The van der Waals surface area contributed by atoms with E-state index in [0.717, 1.165) is 0 Å². The van der Waals surface area contributed by atoms with E-state index in [4.69, 9.17) is 28.9 Å². The zero-order valence-electron chi connectivity index (χ0n) is 16.3. The molecule has 4 aromatic rings. The SMILES string of the molecule is C/C(=N/NC(=O)c1nnn(-c2nonc2N)c1-c1ccc(Cl)c(Cl)c1)c1cccc(O)c1. The molecule has 0 saturated heterocycles. The zero-order chi connectivity index (χ0) is 22.8. The number of benzene rings is 2. The van der Waals surface area contributed by atoms with Gasteiger partial charge < -0.3 is 10.8 Å². The van der Waals surface area contributed by atoms with E-state index in [1.807, 2.05) is 0 Å². The van der Waals surface area contributed by atoms with Crippen LogP contribution in [0, 0.1) is 0 Å². The first-order valence-electron chi connectivity index (χ1n) is 8.98. The Bertz CT molecular complexity index is 1350. The van der Waals surface area contributed by atoms with Crippen LogP contribution >= 0.6 is 23.2 Å². The van der Waals surface area contributed by atoms with Crippen molar-refractivity contribution in [1.82, 2.24) is 30.7 Å². The van der Waals surface area contributed by atoms with E-state index in [1.165, 1.54) is 16.8 Å². The second-order valence-electron chi connectivity index (χ2n) is 6.49. The van der Waals surface area contributed by atoms with Gasteiger partial charge in [0.25, 0.3) is 5.91 Å². The molecule has 0 bridgehead atoms. The topological polar surface area (TPSA) is 157 Å². The van der Waals surface area contributed by atoms with Gasteiger partial charge in [0.05, 0.1) is 15.8 Å². The predicted octanol–water partition coefficient (Wildman–Crippen LogP) is 3.07. The first-order chi connectivity index (χ1) is 15.3. The number of nitrogens with zero attached hydrogens (tertiary/aromatic N) is 6. The Morgan fingerprint density at radius 1 is 1.19 bits per heavy atom. The van der Waals surface area contributed by atoms with Crippen molar-refractivity contribution in [2.45, 2.75) is 6.92 Å². The second kappa shape index (κ2) is 8.65. The van der Waals surface area contributed by atoms with Crippen LogP contribution in [0.25, 0.3) is 17.1 Å². The fourth-order valence-corrected chi connectivity index (χ4v) is 3.10. The van der Waals surface area contributed by atoms with E-state index in [-0.39, 0.29) is 33.8 Å². The summed E-state index contributed by atoms with van der Waals surface area (Å²) < 4.78 is 5.84. The molecular formula is C19H14Cl2N8O3. The number of hydrazone groups is 1. The standard InChI is InChI=1S/C19H14Cl2N8O3/c1-9(10-3-2-4-12(30)7-10)23-25-19(31)15-16(11-5-6-13(20)14(21)8-11)29(28-24-15)18-17(22)26-32-27-18/h2-8,30H,1H3,(H2,22,26)(H,25,31)/b23-9-. The van der Waals surface area contributed by atoms with Crippen LogP contribution < -0.4 is 11.2 Å². The van der Waals surface area contributed by atoms with Crippen LogP contribution in [0.5, 0.6) is 5.75 Å². The molecule has 32 heavy (non-hydrogen) atoms. The number of halogens is 2. The average Bonchev–Trinajstić information content (AvgIpc) is 3.39. The average molecular weight is 473 g/mol. The molecule has 4 N–H and O–H groups in total. The number of aromatic nitrogens is 5. The van der Waals surface area contributed by atoms with Gasteiger partial charge >= 0.3 is 0 Å². The number of amides is 1. The zero-order valence-corrected chi connectivity index (χ0v) is 17.8. The Morgan fingerprint density at radius 2 is 2.00 bits per heavy atom. The number of hydrogen-bond acceptors (Lipinski definition) is 9. The number of nitrogens with two attached hydrogens (primary N) is 1. The quantitative estimate of drug-likeness (QED) is 0.295. The molecule has 0 spiro atoms. The number of nitrogens with one attached hydrogen (secondary N) is 1. The van der Waals surface area contributed by atoms with Crippen molar-refractivity contribution in [3.63, 3.8) is 0 Å². The number of phenolic OH excluding ortho intramolecular Hbond substituents is 1. The van der Waals surface area contributed by atoms with Gasteiger partial charge in [-0.15, -0.1) is 5.10 Å². The van der Waals surface area contributed by atoms with Crippen molar-refractivity contribution >= 4 is 40.6 Å². The molecule has 0 radical (unpaired) electrons. The van der Waals surface area contributed by atoms with Gasteiger partial charge in [0, 0.05) is 11.1 Å².